The van der Waals surface area contributed by atoms with Crippen LogP contribution >= 0.6 is 11.8 Å². The van der Waals surface area contributed by atoms with Gasteiger partial charge in [-0.1, -0.05) is 24.2 Å². The van der Waals surface area contributed by atoms with Gasteiger partial charge in [-0.05, 0) is 42.4 Å². The number of carbonyl (C=O) groups is 1. The maximum absolute atomic E-state index is 11.7. The molecule has 1 saturated carbocycles. The maximum atomic E-state index is 11.7. The Hall–Kier alpha value is -2.12. The van der Waals surface area contributed by atoms with Crippen LogP contribution in [0.25, 0.3) is 0 Å². The van der Waals surface area contributed by atoms with Gasteiger partial charge in [0.25, 0.3) is 0 Å². The number of aliphatic carboxylic acids is 1. The molecule has 2 aliphatic heterocycles. The minimum absolute atomic E-state index is 0.147. The smallest absolute Gasteiger partial charge is 0.307 e. The van der Waals surface area contributed by atoms with Gasteiger partial charge in [-0.2, -0.15) is 0 Å². The van der Waals surface area contributed by atoms with Gasteiger partial charge >= 0.3 is 5.97 Å². The molecule has 2 N–H and O–H groups in total. The molecule has 27 heavy (non-hydrogen) atoms. The van der Waals surface area contributed by atoms with Crippen LogP contribution in [-0.4, -0.2) is 39.0 Å². The fraction of sp³-hybridized carbons (Fsp3) is 0.450. The maximum Gasteiger partial charge on any atom is 0.307 e. The van der Waals surface area contributed by atoms with Crippen LogP contribution in [0.15, 0.2) is 40.5 Å². The van der Waals surface area contributed by atoms with Gasteiger partial charge in [0.15, 0.2) is 5.82 Å². The predicted molar refractivity (Wildman–Crippen MR) is 103 cm³/mol. The van der Waals surface area contributed by atoms with Crippen LogP contribution in [0.4, 0.5) is 11.5 Å². The summed E-state index contributed by atoms with van der Waals surface area (Å²) >= 11 is 1.64. The van der Waals surface area contributed by atoms with Gasteiger partial charge in [0.2, 0.25) is 0 Å². The lowest BCUT2D eigenvalue weighted by molar-refractivity contribution is -0.151. The van der Waals surface area contributed by atoms with E-state index in [1.165, 1.54) is 12.0 Å². The van der Waals surface area contributed by atoms with E-state index in [0.717, 1.165) is 53.9 Å². The lowest BCUT2D eigenvalue weighted by atomic mass is 9.69. The highest BCUT2D eigenvalue weighted by Gasteiger charge is 2.43. The summed E-state index contributed by atoms with van der Waals surface area (Å²) in [5.74, 6) is 0.654. The number of aromatic nitrogens is 2. The first-order chi connectivity index (χ1) is 13.2. The number of rotatable bonds is 3. The molecule has 1 aliphatic carbocycles. The third-order valence-electron chi connectivity index (χ3n) is 6.01. The zero-order valence-electron chi connectivity index (χ0n) is 15.0. The number of likely N-dealkylation sites (tertiary alicyclic amines) is 1. The first-order valence-electron chi connectivity index (χ1n) is 9.51. The van der Waals surface area contributed by atoms with Crippen molar-refractivity contribution in [3.63, 3.8) is 0 Å². The Morgan fingerprint density at radius 2 is 2.00 bits per heavy atom. The van der Waals surface area contributed by atoms with Crippen LogP contribution < -0.4 is 5.32 Å². The van der Waals surface area contributed by atoms with Gasteiger partial charge in [0, 0.05) is 36.9 Å². The second kappa shape index (κ2) is 6.80. The van der Waals surface area contributed by atoms with Gasteiger partial charge in [-0.15, -0.1) is 0 Å². The highest BCUT2D eigenvalue weighted by molar-refractivity contribution is 7.99. The molecule has 1 aromatic heterocycles. The van der Waals surface area contributed by atoms with Crippen molar-refractivity contribution in [3.8, 4) is 0 Å². The van der Waals surface area contributed by atoms with Crippen molar-refractivity contribution in [1.29, 1.82) is 0 Å². The number of hydrogen-bond acceptors (Lipinski definition) is 6. The minimum atomic E-state index is -0.598. The number of benzene rings is 1. The van der Waals surface area contributed by atoms with Crippen LogP contribution in [-0.2, 0) is 11.3 Å². The largest absolute Gasteiger partial charge is 0.481 e. The molecule has 2 fully saturated rings. The molecule has 6 nitrogen and oxygen atoms in total. The third kappa shape index (κ3) is 3.19. The Labute approximate surface area is 162 Å². The fourth-order valence-corrected chi connectivity index (χ4v) is 5.78. The number of fused-ring (bicyclic) bond motifs is 4. The van der Waals surface area contributed by atoms with E-state index in [1.54, 1.807) is 24.2 Å². The number of piperidine rings is 1. The lowest BCUT2D eigenvalue weighted by Crippen LogP contribution is -2.50. The molecular formula is C20H22N4O2S. The first kappa shape index (κ1) is 17.0. The van der Waals surface area contributed by atoms with Crippen LogP contribution in [0.5, 0.6) is 0 Å². The molecule has 0 radical (unpaired) electrons. The summed E-state index contributed by atoms with van der Waals surface area (Å²) < 4.78 is 0. The van der Waals surface area contributed by atoms with Crippen molar-refractivity contribution in [2.45, 2.75) is 35.7 Å². The van der Waals surface area contributed by atoms with E-state index in [4.69, 9.17) is 0 Å². The second-order valence-corrected chi connectivity index (χ2v) is 8.81. The Kier molecular flexibility index (Phi) is 4.28. The standard InChI is InChI=1S/C20H22N4O2S/c25-20(26)17-13-2-1-3-14(17)11-24(10-13)9-12-4-5-16-15(8-12)23-18-19(27-16)22-7-6-21-18/h4-8,13-14,17H,1-3,9-11H2,(H,21,23)(H,25,26). The SMILES string of the molecule is O=C(O)C1C2CCCC1CN(Cc1ccc3c(c1)Nc1nccnc1S3)C2. The molecule has 1 saturated heterocycles. The summed E-state index contributed by atoms with van der Waals surface area (Å²) in [6, 6.07) is 6.51. The Morgan fingerprint density at radius 1 is 1.22 bits per heavy atom. The molecule has 1 aromatic carbocycles. The molecule has 2 atom stereocenters. The van der Waals surface area contributed by atoms with Crippen molar-refractivity contribution >= 4 is 29.2 Å². The number of carboxylic acids is 1. The number of carboxylic acid groups (broad SMARTS) is 1. The summed E-state index contributed by atoms with van der Waals surface area (Å²) in [6.45, 7) is 2.65. The van der Waals surface area contributed by atoms with Crippen LogP contribution in [0.2, 0.25) is 0 Å². The zero-order valence-corrected chi connectivity index (χ0v) is 15.8. The average molecular weight is 382 g/mol. The van der Waals surface area contributed by atoms with E-state index >= 15 is 0 Å². The topological polar surface area (TPSA) is 78.4 Å². The van der Waals surface area contributed by atoms with Crippen molar-refractivity contribution in [3.05, 3.63) is 36.2 Å². The predicted octanol–water partition coefficient (Wildman–Crippen LogP) is 3.62. The average Bonchev–Trinajstić information content (AvgIpc) is 2.65. The van der Waals surface area contributed by atoms with Crippen molar-refractivity contribution in [2.24, 2.45) is 17.8 Å². The highest BCUT2D eigenvalue weighted by Crippen LogP contribution is 2.43. The summed E-state index contributed by atoms with van der Waals surface area (Å²) in [4.78, 5) is 24.0. The van der Waals surface area contributed by atoms with E-state index < -0.39 is 5.97 Å². The van der Waals surface area contributed by atoms with Crippen LogP contribution in [0.1, 0.15) is 24.8 Å². The molecule has 5 rings (SSSR count). The second-order valence-electron chi connectivity index (χ2n) is 7.78. The summed E-state index contributed by atoms with van der Waals surface area (Å²) in [7, 11) is 0. The Morgan fingerprint density at radius 3 is 2.78 bits per heavy atom. The van der Waals surface area contributed by atoms with Crippen molar-refractivity contribution in [1.82, 2.24) is 14.9 Å². The third-order valence-corrected chi connectivity index (χ3v) is 7.08. The molecule has 2 unspecified atom stereocenters. The van der Waals surface area contributed by atoms with Gasteiger partial charge in [0.05, 0.1) is 11.6 Å². The van der Waals surface area contributed by atoms with E-state index in [9.17, 15) is 9.90 Å². The van der Waals surface area contributed by atoms with Crippen LogP contribution in [0, 0.1) is 17.8 Å². The highest BCUT2D eigenvalue weighted by atomic mass is 32.2. The number of nitrogens with zero attached hydrogens (tertiary/aromatic N) is 3. The summed E-state index contributed by atoms with van der Waals surface area (Å²) in [5.41, 5.74) is 2.33. The number of anilines is 2. The number of nitrogens with one attached hydrogen (secondary N) is 1. The van der Waals surface area contributed by atoms with Gasteiger partial charge in [-0.3, -0.25) is 9.69 Å². The molecule has 7 heteroatoms. The van der Waals surface area contributed by atoms with Crippen molar-refractivity contribution < 1.29 is 9.90 Å². The minimum Gasteiger partial charge on any atom is -0.481 e. The first-order valence-corrected chi connectivity index (χ1v) is 10.3. The lowest BCUT2D eigenvalue weighted by Gasteiger charge is -2.45. The molecule has 0 amide bonds. The number of hydrogen-bond donors (Lipinski definition) is 2. The zero-order chi connectivity index (χ0) is 18.4. The van der Waals surface area contributed by atoms with E-state index in [1.807, 2.05) is 0 Å². The summed E-state index contributed by atoms with van der Waals surface area (Å²) in [6.07, 6.45) is 6.67. The fourth-order valence-electron chi connectivity index (χ4n) is 4.90. The molecule has 3 aliphatic rings. The quantitative estimate of drug-likeness (QED) is 0.716. The van der Waals surface area contributed by atoms with Gasteiger partial charge in [-0.25, -0.2) is 9.97 Å². The molecule has 2 bridgehead atoms. The Bertz CT molecular complexity index is 876. The van der Waals surface area contributed by atoms with E-state index in [2.05, 4.69) is 38.4 Å². The molecule has 3 heterocycles. The van der Waals surface area contributed by atoms with E-state index in [-0.39, 0.29) is 5.92 Å². The van der Waals surface area contributed by atoms with E-state index in [0.29, 0.717) is 11.8 Å². The van der Waals surface area contributed by atoms with Gasteiger partial charge < -0.3 is 10.4 Å². The Balaban J connectivity index is 1.32. The summed E-state index contributed by atoms with van der Waals surface area (Å²) in [5, 5.41) is 13.9. The molecule has 140 valence electrons. The normalized spacial score (nSPS) is 26.6. The van der Waals surface area contributed by atoms with Gasteiger partial charge in [0.1, 0.15) is 5.03 Å². The van der Waals surface area contributed by atoms with Crippen molar-refractivity contribution in [2.75, 3.05) is 18.4 Å². The van der Waals surface area contributed by atoms with Crippen LogP contribution in [0.3, 0.4) is 0 Å². The molecule has 2 aromatic rings. The molecular weight excluding hydrogens is 360 g/mol. The molecule has 0 spiro atoms. The monoisotopic (exact) mass is 382 g/mol.